The number of hydrogen-bond acceptors (Lipinski definition) is 6. The fraction of sp³-hybridized carbons (Fsp3) is 0.500. The molecule has 1 atom stereocenters. The molecule has 1 aliphatic carbocycles. The largest absolute Gasteiger partial charge is 0.452 e. The molecule has 1 amide bonds. The second-order valence-corrected chi connectivity index (χ2v) is 8.52. The lowest BCUT2D eigenvalue weighted by Gasteiger charge is -2.28. The van der Waals surface area contributed by atoms with Gasteiger partial charge in [0, 0.05) is 17.8 Å². The van der Waals surface area contributed by atoms with Crippen LogP contribution in [0.3, 0.4) is 0 Å². The number of rotatable bonds is 5. The molecule has 1 aromatic rings. The zero-order chi connectivity index (χ0) is 17.3. The summed E-state index contributed by atoms with van der Waals surface area (Å²) in [6.45, 7) is -0.379. The highest BCUT2D eigenvalue weighted by Crippen LogP contribution is 2.32. The average Bonchev–Trinajstić information content (AvgIpc) is 3.29. The molecule has 1 heterocycles. The fourth-order valence-corrected chi connectivity index (χ4v) is 4.67. The van der Waals surface area contributed by atoms with Gasteiger partial charge in [-0.05, 0) is 43.5 Å². The molecule has 1 saturated carbocycles. The van der Waals surface area contributed by atoms with Gasteiger partial charge in [0.05, 0.1) is 17.1 Å². The van der Waals surface area contributed by atoms with Crippen LogP contribution in [0.25, 0.3) is 0 Å². The van der Waals surface area contributed by atoms with Crippen molar-refractivity contribution < 1.29 is 22.7 Å². The number of sulfone groups is 1. The summed E-state index contributed by atoms with van der Waals surface area (Å²) in [6, 6.07) is 6.00. The quantitative estimate of drug-likeness (QED) is 0.614. The minimum absolute atomic E-state index is 0.00114. The summed E-state index contributed by atoms with van der Waals surface area (Å²) in [4.78, 5) is 26.0. The first-order valence-corrected chi connectivity index (χ1v) is 9.72. The minimum Gasteiger partial charge on any atom is -0.452 e. The number of nitrogens with two attached hydrogens (primary N) is 1. The van der Waals surface area contributed by atoms with Crippen LogP contribution in [0, 0.1) is 0 Å². The predicted molar refractivity (Wildman–Crippen MR) is 88.1 cm³/mol. The molecule has 3 rings (SSSR count). The third-order valence-electron chi connectivity index (χ3n) is 4.30. The Morgan fingerprint density at radius 1 is 1.12 bits per heavy atom. The maximum absolute atomic E-state index is 12.4. The van der Waals surface area contributed by atoms with E-state index in [0.29, 0.717) is 17.7 Å². The van der Waals surface area contributed by atoms with Crippen molar-refractivity contribution >= 4 is 27.4 Å². The van der Waals surface area contributed by atoms with Crippen molar-refractivity contribution in [2.45, 2.75) is 31.3 Å². The molecule has 8 heteroatoms. The first-order chi connectivity index (χ1) is 11.4. The molecule has 130 valence electrons. The van der Waals surface area contributed by atoms with Crippen LogP contribution in [0.1, 0.15) is 29.6 Å². The number of ether oxygens (including phenoxy) is 1. The Bertz CT molecular complexity index is 740. The van der Waals surface area contributed by atoms with E-state index in [-0.39, 0.29) is 36.1 Å². The lowest BCUT2D eigenvalue weighted by Crippen LogP contribution is -2.44. The van der Waals surface area contributed by atoms with Crippen molar-refractivity contribution in [2.24, 2.45) is 0 Å². The normalized spacial score (nSPS) is 22.1. The van der Waals surface area contributed by atoms with E-state index in [9.17, 15) is 18.0 Å². The van der Waals surface area contributed by atoms with Gasteiger partial charge in [-0.15, -0.1) is 0 Å². The number of carbonyl (C=O) groups excluding carboxylic acids is 2. The molecule has 24 heavy (non-hydrogen) atoms. The van der Waals surface area contributed by atoms with E-state index >= 15 is 0 Å². The number of anilines is 1. The van der Waals surface area contributed by atoms with E-state index in [1.54, 1.807) is 17.0 Å². The Morgan fingerprint density at radius 2 is 1.79 bits per heavy atom. The number of hydrogen-bond donors (Lipinski definition) is 1. The van der Waals surface area contributed by atoms with Crippen molar-refractivity contribution in [1.82, 2.24) is 4.90 Å². The summed E-state index contributed by atoms with van der Waals surface area (Å²) in [6.07, 6.45) is 2.19. The first kappa shape index (κ1) is 16.8. The summed E-state index contributed by atoms with van der Waals surface area (Å²) in [7, 11) is -3.07. The highest BCUT2D eigenvalue weighted by Gasteiger charge is 2.42. The molecule has 7 nitrogen and oxygen atoms in total. The number of amides is 1. The fourth-order valence-electron chi connectivity index (χ4n) is 2.96. The molecule has 2 N–H and O–H groups in total. The standard InChI is InChI=1S/C16H20N2O5S/c17-12-3-1-11(2-4-12)16(20)23-9-15(19)18(13-5-6-13)14-7-8-24(21,22)10-14/h1-4,13-14H,5-10,17H2/t14-/m0/s1. The number of nitrogens with zero attached hydrogens (tertiary/aromatic N) is 1. The van der Waals surface area contributed by atoms with E-state index in [4.69, 9.17) is 10.5 Å². The van der Waals surface area contributed by atoms with Crippen LogP contribution in [0.2, 0.25) is 0 Å². The molecule has 0 aromatic heterocycles. The van der Waals surface area contributed by atoms with Crippen molar-refractivity contribution in [2.75, 3.05) is 23.8 Å². The minimum atomic E-state index is -3.07. The summed E-state index contributed by atoms with van der Waals surface area (Å²) in [5.41, 5.74) is 6.41. The molecule has 0 unspecified atom stereocenters. The summed E-state index contributed by atoms with van der Waals surface area (Å²) in [5, 5.41) is 0. The Hall–Kier alpha value is -2.09. The number of nitrogen functional groups attached to an aromatic ring is 1. The monoisotopic (exact) mass is 352 g/mol. The lowest BCUT2D eigenvalue weighted by molar-refractivity contribution is -0.137. The van der Waals surface area contributed by atoms with Gasteiger partial charge >= 0.3 is 5.97 Å². The van der Waals surface area contributed by atoms with Crippen LogP contribution in [0.4, 0.5) is 5.69 Å². The third kappa shape index (κ3) is 3.87. The van der Waals surface area contributed by atoms with Crippen LogP contribution in [0.5, 0.6) is 0 Å². The Morgan fingerprint density at radius 3 is 2.33 bits per heavy atom. The number of carbonyl (C=O) groups is 2. The molecule has 0 radical (unpaired) electrons. The molecule has 2 fully saturated rings. The van der Waals surface area contributed by atoms with Gasteiger partial charge in [-0.1, -0.05) is 0 Å². The van der Waals surface area contributed by atoms with Gasteiger partial charge in [0.2, 0.25) is 0 Å². The second kappa shape index (κ2) is 6.43. The predicted octanol–water partition coefficient (Wildman–Crippen LogP) is 0.604. The van der Waals surface area contributed by atoms with Crippen LogP contribution < -0.4 is 5.73 Å². The molecule has 1 saturated heterocycles. The topological polar surface area (TPSA) is 107 Å². The maximum atomic E-state index is 12.4. The Labute approximate surface area is 140 Å². The highest BCUT2D eigenvalue weighted by atomic mass is 32.2. The van der Waals surface area contributed by atoms with E-state index < -0.39 is 15.8 Å². The van der Waals surface area contributed by atoms with Gasteiger partial charge in [-0.2, -0.15) is 0 Å². The second-order valence-electron chi connectivity index (χ2n) is 6.29. The average molecular weight is 352 g/mol. The Balaban J connectivity index is 1.60. The van der Waals surface area contributed by atoms with Crippen LogP contribution >= 0.6 is 0 Å². The maximum Gasteiger partial charge on any atom is 0.338 e. The molecule has 2 aliphatic rings. The van der Waals surface area contributed by atoms with Gasteiger partial charge in [-0.3, -0.25) is 4.79 Å². The van der Waals surface area contributed by atoms with E-state index in [2.05, 4.69) is 0 Å². The smallest absolute Gasteiger partial charge is 0.338 e. The zero-order valence-corrected chi connectivity index (χ0v) is 14.0. The SMILES string of the molecule is Nc1ccc(C(=O)OCC(=O)N(C2CC2)[C@H]2CCS(=O)(=O)C2)cc1. The highest BCUT2D eigenvalue weighted by molar-refractivity contribution is 7.91. The van der Waals surface area contributed by atoms with Crippen molar-refractivity contribution in [3.05, 3.63) is 29.8 Å². The van der Waals surface area contributed by atoms with Crippen molar-refractivity contribution in [3.8, 4) is 0 Å². The Kier molecular flexibility index (Phi) is 4.49. The third-order valence-corrected chi connectivity index (χ3v) is 6.05. The van der Waals surface area contributed by atoms with Gasteiger partial charge in [0.1, 0.15) is 0 Å². The molecule has 0 spiro atoms. The number of benzene rings is 1. The van der Waals surface area contributed by atoms with E-state index in [1.807, 2.05) is 0 Å². The first-order valence-electron chi connectivity index (χ1n) is 7.90. The van der Waals surface area contributed by atoms with Crippen molar-refractivity contribution in [1.29, 1.82) is 0 Å². The van der Waals surface area contributed by atoms with Gasteiger partial charge < -0.3 is 15.4 Å². The van der Waals surface area contributed by atoms with Gasteiger partial charge in [-0.25, -0.2) is 13.2 Å². The van der Waals surface area contributed by atoms with Gasteiger partial charge in [0.15, 0.2) is 16.4 Å². The molecule has 1 aromatic carbocycles. The zero-order valence-electron chi connectivity index (χ0n) is 13.2. The summed E-state index contributed by atoms with van der Waals surface area (Å²) in [5.74, 6) is -0.817. The van der Waals surface area contributed by atoms with Gasteiger partial charge in [0.25, 0.3) is 5.91 Å². The number of esters is 1. The van der Waals surface area contributed by atoms with Crippen LogP contribution in [-0.2, 0) is 19.4 Å². The summed E-state index contributed by atoms with van der Waals surface area (Å²) >= 11 is 0. The van der Waals surface area contributed by atoms with E-state index in [1.165, 1.54) is 12.1 Å². The van der Waals surface area contributed by atoms with Crippen molar-refractivity contribution in [3.63, 3.8) is 0 Å². The molecular weight excluding hydrogens is 332 g/mol. The lowest BCUT2D eigenvalue weighted by atomic mass is 10.2. The molecular formula is C16H20N2O5S. The van der Waals surface area contributed by atoms with Crippen LogP contribution in [-0.4, -0.2) is 55.4 Å². The van der Waals surface area contributed by atoms with E-state index in [0.717, 1.165) is 12.8 Å². The summed E-state index contributed by atoms with van der Waals surface area (Å²) < 4.78 is 28.4. The van der Waals surface area contributed by atoms with Crippen LogP contribution in [0.15, 0.2) is 24.3 Å². The molecule has 0 bridgehead atoms. The molecule has 1 aliphatic heterocycles.